The molecule has 0 N–H and O–H groups in total. The lowest BCUT2D eigenvalue weighted by molar-refractivity contribution is 0.0746. The third-order valence-electron chi connectivity index (χ3n) is 7.49. The van der Waals surface area contributed by atoms with E-state index in [0.717, 1.165) is 66.4 Å². The Morgan fingerprint density at radius 1 is 0.946 bits per heavy atom. The Labute approximate surface area is 216 Å². The number of carbonyl (C=O) groups is 1. The van der Waals surface area contributed by atoms with Gasteiger partial charge in [0.05, 0.1) is 17.3 Å². The van der Waals surface area contributed by atoms with Crippen LogP contribution in [0.5, 0.6) is 0 Å². The Hall–Kier alpha value is -3.78. The lowest BCUT2D eigenvalue weighted by Crippen LogP contribution is -2.49. The van der Waals surface area contributed by atoms with E-state index < -0.39 is 0 Å². The van der Waals surface area contributed by atoms with Crippen LogP contribution in [0.2, 0.25) is 0 Å². The molecule has 4 heterocycles. The van der Waals surface area contributed by atoms with Crippen LogP contribution in [0.25, 0.3) is 16.7 Å². The van der Waals surface area contributed by atoms with Crippen LogP contribution in [-0.2, 0) is 11.2 Å². The summed E-state index contributed by atoms with van der Waals surface area (Å²) in [5, 5.41) is 5.64. The molecule has 2 aromatic carbocycles. The lowest BCUT2D eigenvalue weighted by atomic mass is 9.99. The van der Waals surface area contributed by atoms with Gasteiger partial charge in [-0.15, -0.1) is 0 Å². The highest BCUT2D eigenvalue weighted by molar-refractivity contribution is 5.94. The van der Waals surface area contributed by atoms with E-state index in [4.69, 9.17) is 19.8 Å². The molecule has 0 aliphatic carbocycles. The zero-order chi connectivity index (χ0) is 25.2. The predicted molar refractivity (Wildman–Crippen MR) is 143 cm³/mol. The zero-order valence-corrected chi connectivity index (χ0v) is 21.2. The second-order valence-electron chi connectivity index (χ2n) is 9.75. The van der Waals surface area contributed by atoms with Crippen LogP contribution in [0.4, 0.5) is 5.82 Å². The number of anilines is 1. The van der Waals surface area contributed by atoms with Gasteiger partial charge in [-0.1, -0.05) is 37.3 Å². The highest BCUT2D eigenvalue weighted by Crippen LogP contribution is 2.31. The van der Waals surface area contributed by atoms with Crippen molar-refractivity contribution in [3.8, 4) is 5.69 Å². The summed E-state index contributed by atoms with van der Waals surface area (Å²) in [5.74, 6) is 2.13. The van der Waals surface area contributed by atoms with Crippen LogP contribution in [0.1, 0.15) is 47.4 Å². The van der Waals surface area contributed by atoms with Gasteiger partial charge in [-0.2, -0.15) is 5.10 Å². The van der Waals surface area contributed by atoms with Crippen LogP contribution in [0.15, 0.2) is 60.8 Å². The number of ether oxygens (including phenoxy) is 1. The molecule has 1 amide bonds. The number of aryl methyl sites for hydroxylation is 1. The Bertz CT molecular complexity index is 1370. The van der Waals surface area contributed by atoms with Crippen LogP contribution >= 0.6 is 0 Å². The third-order valence-corrected chi connectivity index (χ3v) is 7.49. The smallest absolute Gasteiger partial charge is 0.253 e. The summed E-state index contributed by atoms with van der Waals surface area (Å²) < 4.78 is 7.50. The molecule has 0 unspecified atom stereocenters. The van der Waals surface area contributed by atoms with Crippen molar-refractivity contribution in [1.82, 2.24) is 24.6 Å². The summed E-state index contributed by atoms with van der Waals surface area (Å²) in [6, 6.07) is 18.1. The molecule has 0 atom stereocenters. The fourth-order valence-corrected chi connectivity index (χ4v) is 5.23. The van der Waals surface area contributed by atoms with Crippen molar-refractivity contribution in [2.45, 2.75) is 32.1 Å². The Kier molecular flexibility index (Phi) is 6.57. The molecule has 37 heavy (non-hydrogen) atoms. The van der Waals surface area contributed by atoms with Crippen LogP contribution < -0.4 is 4.90 Å². The quantitative estimate of drug-likeness (QED) is 0.412. The highest BCUT2D eigenvalue weighted by Gasteiger charge is 2.28. The zero-order valence-electron chi connectivity index (χ0n) is 21.2. The van der Waals surface area contributed by atoms with Gasteiger partial charge in [0, 0.05) is 50.9 Å². The van der Waals surface area contributed by atoms with E-state index >= 15 is 0 Å². The van der Waals surface area contributed by atoms with Crippen molar-refractivity contribution >= 4 is 22.8 Å². The monoisotopic (exact) mass is 496 g/mol. The number of carbonyl (C=O) groups excluding carboxylic acids is 1. The van der Waals surface area contributed by atoms with Gasteiger partial charge >= 0.3 is 0 Å². The van der Waals surface area contributed by atoms with E-state index in [-0.39, 0.29) is 11.8 Å². The average Bonchev–Trinajstić information content (AvgIpc) is 3.41. The van der Waals surface area contributed by atoms with Crippen molar-refractivity contribution in [1.29, 1.82) is 0 Å². The summed E-state index contributed by atoms with van der Waals surface area (Å²) in [4.78, 5) is 27.5. The first-order chi connectivity index (χ1) is 18.2. The average molecular weight is 497 g/mol. The topological polar surface area (TPSA) is 76.4 Å². The molecule has 6 rings (SSSR count). The van der Waals surface area contributed by atoms with E-state index in [0.29, 0.717) is 26.2 Å². The molecule has 2 fully saturated rings. The maximum absolute atomic E-state index is 13.1. The van der Waals surface area contributed by atoms with Gasteiger partial charge in [0.15, 0.2) is 5.65 Å². The van der Waals surface area contributed by atoms with Gasteiger partial charge in [-0.25, -0.2) is 14.6 Å². The molecule has 8 heteroatoms. The number of hydrogen-bond acceptors (Lipinski definition) is 6. The van der Waals surface area contributed by atoms with Gasteiger partial charge in [-0.05, 0) is 49.1 Å². The van der Waals surface area contributed by atoms with Gasteiger partial charge in [0.1, 0.15) is 11.6 Å². The number of piperazine rings is 1. The van der Waals surface area contributed by atoms with E-state index in [1.54, 1.807) is 0 Å². The summed E-state index contributed by atoms with van der Waals surface area (Å²) in [7, 11) is 0. The normalized spacial score (nSPS) is 16.9. The molecular formula is C29H32N6O2. The molecule has 2 aromatic heterocycles. The molecule has 0 radical (unpaired) electrons. The fraction of sp³-hybridized carbons (Fsp3) is 0.379. The molecule has 2 aliphatic heterocycles. The first-order valence-electron chi connectivity index (χ1n) is 13.2. The Balaban J connectivity index is 1.29. The number of nitrogens with zero attached hydrogens (tertiary/aromatic N) is 6. The largest absolute Gasteiger partial charge is 0.381 e. The molecule has 4 aromatic rings. The lowest BCUT2D eigenvalue weighted by Gasteiger charge is -2.36. The van der Waals surface area contributed by atoms with E-state index in [1.807, 2.05) is 70.4 Å². The third kappa shape index (κ3) is 4.69. The molecule has 190 valence electrons. The summed E-state index contributed by atoms with van der Waals surface area (Å²) in [6.07, 6.45) is 4.68. The van der Waals surface area contributed by atoms with Crippen molar-refractivity contribution in [3.63, 3.8) is 0 Å². The van der Waals surface area contributed by atoms with Crippen molar-refractivity contribution in [2.24, 2.45) is 0 Å². The molecule has 2 aliphatic rings. The minimum Gasteiger partial charge on any atom is -0.381 e. The second-order valence-corrected chi connectivity index (χ2v) is 9.75. The Morgan fingerprint density at radius 3 is 2.38 bits per heavy atom. The van der Waals surface area contributed by atoms with Gasteiger partial charge < -0.3 is 14.5 Å². The van der Waals surface area contributed by atoms with E-state index in [9.17, 15) is 4.79 Å². The van der Waals surface area contributed by atoms with Gasteiger partial charge in [-0.3, -0.25) is 4.79 Å². The number of amides is 1. The predicted octanol–water partition coefficient (Wildman–Crippen LogP) is 4.23. The molecule has 2 saturated heterocycles. The number of benzene rings is 2. The number of aromatic nitrogens is 4. The minimum absolute atomic E-state index is 0.0925. The van der Waals surface area contributed by atoms with Gasteiger partial charge in [0.2, 0.25) is 0 Å². The summed E-state index contributed by atoms with van der Waals surface area (Å²) in [6.45, 7) is 6.33. The number of hydrogen-bond donors (Lipinski definition) is 0. The molecular weight excluding hydrogens is 464 g/mol. The first-order valence-corrected chi connectivity index (χ1v) is 13.2. The minimum atomic E-state index is 0.0925. The molecule has 0 bridgehead atoms. The highest BCUT2D eigenvalue weighted by atomic mass is 16.5. The van der Waals surface area contributed by atoms with E-state index in [1.165, 1.54) is 5.56 Å². The number of rotatable bonds is 5. The maximum atomic E-state index is 13.1. The number of para-hydroxylation sites is 1. The standard InChI is InChI=1S/C29H32N6O2/c1-2-21-8-10-23(11-9-21)29(36)34-16-14-33(15-17-34)27-25-20-30-35(24-6-4-3-5-7-24)28(25)32-26(31-27)22-12-18-37-19-13-22/h3-11,20,22H,2,12-19H2,1H3. The molecule has 0 saturated carbocycles. The Morgan fingerprint density at radius 2 is 1.68 bits per heavy atom. The maximum Gasteiger partial charge on any atom is 0.253 e. The summed E-state index contributed by atoms with van der Waals surface area (Å²) in [5.41, 5.74) is 3.79. The summed E-state index contributed by atoms with van der Waals surface area (Å²) >= 11 is 0. The first kappa shape index (κ1) is 23.6. The molecule has 0 spiro atoms. The van der Waals surface area contributed by atoms with Crippen molar-refractivity contribution < 1.29 is 9.53 Å². The molecule has 8 nitrogen and oxygen atoms in total. The van der Waals surface area contributed by atoms with Crippen LogP contribution in [-0.4, -0.2) is 69.9 Å². The van der Waals surface area contributed by atoms with Crippen molar-refractivity contribution in [2.75, 3.05) is 44.3 Å². The van der Waals surface area contributed by atoms with Gasteiger partial charge in [0.25, 0.3) is 5.91 Å². The van der Waals surface area contributed by atoms with Crippen molar-refractivity contribution in [3.05, 3.63) is 77.7 Å². The fourth-order valence-electron chi connectivity index (χ4n) is 5.23. The second kappa shape index (κ2) is 10.3. The number of fused-ring (bicyclic) bond motifs is 1. The van der Waals surface area contributed by atoms with E-state index in [2.05, 4.69) is 11.8 Å². The van der Waals surface area contributed by atoms with Crippen LogP contribution in [0.3, 0.4) is 0 Å². The SMILES string of the molecule is CCc1ccc(C(=O)N2CCN(c3nc(C4CCOCC4)nc4c3cnn4-c3ccccc3)CC2)cc1. The van der Waals surface area contributed by atoms with Crippen LogP contribution in [0, 0.1) is 0 Å².